The quantitative estimate of drug-likeness (QED) is 0.489. The fraction of sp³-hybridized carbons (Fsp3) is 0.238. The highest BCUT2D eigenvalue weighted by molar-refractivity contribution is 6.32. The molecule has 9 nitrogen and oxygen atoms in total. The number of fused-ring (bicyclic) bond motifs is 3. The number of nitriles is 1. The minimum absolute atomic E-state index is 0.187. The third-order valence-electron chi connectivity index (χ3n) is 5.55. The van der Waals surface area contributed by atoms with Crippen LogP contribution in [0.25, 0.3) is 11.5 Å². The molecule has 11 heteroatoms. The van der Waals surface area contributed by atoms with Crippen LogP contribution in [0.4, 0.5) is 5.69 Å². The van der Waals surface area contributed by atoms with Gasteiger partial charge in [0.1, 0.15) is 6.07 Å². The molecule has 1 N–H and O–H groups in total. The number of amides is 1. The zero-order valence-corrected chi connectivity index (χ0v) is 18.6. The summed E-state index contributed by atoms with van der Waals surface area (Å²) >= 11 is 12.4. The number of anilines is 1. The summed E-state index contributed by atoms with van der Waals surface area (Å²) in [5, 5.41) is 20.9. The lowest BCUT2D eigenvalue weighted by atomic mass is 9.88. The molecule has 1 amide bonds. The Morgan fingerprint density at radius 2 is 2.06 bits per heavy atom. The fourth-order valence-electron chi connectivity index (χ4n) is 4.20. The molecule has 5 rings (SSSR count). The molecule has 0 spiro atoms. The Labute approximate surface area is 192 Å². The zero-order chi connectivity index (χ0) is 22.6. The van der Waals surface area contributed by atoms with Crippen molar-refractivity contribution < 1.29 is 4.79 Å². The van der Waals surface area contributed by atoms with Crippen molar-refractivity contribution in [3.63, 3.8) is 0 Å². The molecule has 0 saturated heterocycles. The maximum atomic E-state index is 13.2. The van der Waals surface area contributed by atoms with Gasteiger partial charge in [0.05, 0.1) is 46.5 Å². The summed E-state index contributed by atoms with van der Waals surface area (Å²) < 4.78 is 3.13. The Morgan fingerprint density at radius 1 is 1.25 bits per heavy atom. The number of aromatic nitrogens is 6. The molecule has 1 aliphatic carbocycles. The molecule has 4 heterocycles. The SMILES string of the molecule is CC1(C)CC(C(=O)Nc2cnc(-n3cc(C#N)cn3)c(Cl)c2)c2cnc3cc(Cl)nn3c21. The van der Waals surface area contributed by atoms with Crippen molar-refractivity contribution in [3.8, 4) is 11.9 Å². The van der Waals surface area contributed by atoms with Crippen molar-refractivity contribution in [2.24, 2.45) is 0 Å². The summed E-state index contributed by atoms with van der Waals surface area (Å²) in [4.78, 5) is 21.9. The monoisotopic (exact) mass is 466 g/mol. The Morgan fingerprint density at radius 3 is 2.78 bits per heavy atom. The average Bonchev–Trinajstić information content (AvgIpc) is 3.42. The van der Waals surface area contributed by atoms with Crippen molar-refractivity contribution in [2.75, 3.05) is 5.32 Å². The molecular weight excluding hydrogens is 451 g/mol. The third-order valence-corrected chi connectivity index (χ3v) is 6.01. The maximum absolute atomic E-state index is 13.2. The van der Waals surface area contributed by atoms with E-state index in [2.05, 4.69) is 39.3 Å². The minimum Gasteiger partial charge on any atom is -0.324 e. The number of hydrogen-bond acceptors (Lipinski definition) is 6. The highest BCUT2D eigenvalue weighted by atomic mass is 35.5. The van der Waals surface area contributed by atoms with Gasteiger partial charge >= 0.3 is 0 Å². The van der Waals surface area contributed by atoms with Gasteiger partial charge in [-0.1, -0.05) is 37.0 Å². The molecule has 0 aliphatic heterocycles. The zero-order valence-electron chi connectivity index (χ0n) is 17.0. The van der Waals surface area contributed by atoms with Crippen LogP contribution < -0.4 is 5.32 Å². The molecule has 32 heavy (non-hydrogen) atoms. The van der Waals surface area contributed by atoms with Crippen LogP contribution in [0, 0.1) is 11.3 Å². The maximum Gasteiger partial charge on any atom is 0.232 e. The van der Waals surface area contributed by atoms with Crippen LogP contribution in [-0.2, 0) is 10.2 Å². The lowest BCUT2D eigenvalue weighted by Gasteiger charge is -2.19. The van der Waals surface area contributed by atoms with E-state index in [1.807, 2.05) is 6.07 Å². The number of nitrogens with one attached hydrogen (secondary N) is 1. The molecule has 1 aliphatic rings. The number of nitrogens with zero attached hydrogens (tertiary/aromatic N) is 7. The Bertz CT molecular complexity index is 1430. The highest BCUT2D eigenvalue weighted by Crippen LogP contribution is 2.46. The van der Waals surface area contributed by atoms with E-state index >= 15 is 0 Å². The average molecular weight is 467 g/mol. The normalized spacial score (nSPS) is 16.7. The predicted octanol–water partition coefficient (Wildman–Crippen LogP) is 3.89. The van der Waals surface area contributed by atoms with E-state index in [0.717, 1.165) is 11.3 Å². The topological polar surface area (TPSA) is 114 Å². The first-order chi connectivity index (χ1) is 15.3. The summed E-state index contributed by atoms with van der Waals surface area (Å²) in [5.41, 5.74) is 2.94. The summed E-state index contributed by atoms with van der Waals surface area (Å²) in [6, 6.07) is 5.30. The summed E-state index contributed by atoms with van der Waals surface area (Å²) in [6.45, 7) is 4.14. The number of hydrogen-bond donors (Lipinski definition) is 1. The predicted molar refractivity (Wildman–Crippen MR) is 118 cm³/mol. The number of halogens is 2. The summed E-state index contributed by atoms with van der Waals surface area (Å²) in [5.74, 6) is -0.240. The molecule has 0 aromatic carbocycles. The lowest BCUT2D eigenvalue weighted by Crippen LogP contribution is -2.21. The first-order valence-electron chi connectivity index (χ1n) is 9.73. The number of pyridine rings is 1. The molecule has 1 atom stereocenters. The van der Waals surface area contributed by atoms with Gasteiger partial charge in [0, 0.05) is 23.2 Å². The van der Waals surface area contributed by atoms with Gasteiger partial charge in [-0.15, -0.1) is 0 Å². The Hall–Kier alpha value is -3.48. The molecule has 0 radical (unpaired) electrons. The van der Waals surface area contributed by atoms with Crippen LogP contribution in [0.2, 0.25) is 10.2 Å². The molecular formula is C21H16Cl2N8O. The fourth-order valence-corrected chi connectivity index (χ4v) is 4.62. The first kappa shape index (κ1) is 20.4. The second-order valence-electron chi connectivity index (χ2n) is 8.24. The summed E-state index contributed by atoms with van der Waals surface area (Å²) in [7, 11) is 0. The third kappa shape index (κ3) is 3.28. The van der Waals surface area contributed by atoms with Crippen LogP contribution in [0.15, 0.2) is 36.9 Å². The van der Waals surface area contributed by atoms with Gasteiger partial charge in [0.2, 0.25) is 5.91 Å². The second kappa shape index (κ2) is 7.29. The van der Waals surface area contributed by atoms with Gasteiger partial charge in [0.25, 0.3) is 0 Å². The number of carbonyl (C=O) groups excluding carboxylic acids is 1. The highest BCUT2D eigenvalue weighted by Gasteiger charge is 2.43. The smallest absolute Gasteiger partial charge is 0.232 e. The van der Waals surface area contributed by atoms with Crippen LogP contribution in [0.3, 0.4) is 0 Å². The first-order valence-corrected chi connectivity index (χ1v) is 10.5. The molecule has 4 aromatic rings. The molecule has 0 bridgehead atoms. The largest absolute Gasteiger partial charge is 0.324 e. The molecule has 4 aromatic heterocycles. The van der Waals surface area contributed by atoms with E-state index in [-0.39, 0.29) is 16.3 Å². The Balaban J connectivity index is 1.43. The van der Waals surface area contributed by atoms with Gasteiger partial charge in [-0.25, -0.2) is 19.2 Å². The van der Waals surface area contributed by atoms with Crippen molar-refractivity contribution in [1.29, 1.82) is 5.26 Å². The van der Waals surface area contributed by atoms with E-state index in [0.29, 0.717) is 34.3 Å². The molecule has 0 fully saturated rings. The lowest BCUT2D eigenvalue weighted by molar-refractivity contribution is -0.117. The van der Waals surface area contributed by atoms with Gasteiger partial charge < -0.3 is 5.32 Å². The van der Waals surface area contributed by atoms with E-state index in [9.17, 15) is 4.79 Å². The number of rotatable bonds is 3. The van der Waals surface area contributed by atoms with E-state index < -0.39 is 5.92 Å². The van der Waals surface area contributed by atoms with Crippen LogP contribution in [-0.4, -0.2) is 35.3 Å². The van der Waals surface area contributed by atoms with Crippen molar-refractivity contribution in [3.05, 3.63) is 63.9 Å². The molecule has 160 valence electrons. The second-order valence-corrected chi connectivity index (χ2v) is 9.04. The standard InChI is InChI=1S/C21H16Cl2N8O/c1-21(2)5-13(14-9-25-17-4-16(23)29-31(17)18(14)21)20(32)28-12-3-15(22)19(26-8-12)30-10-11(6-24)7-27-30/h3-4,7-10,13H,5H2,1-2H3,(H,28,32). The van der Waals surface area contributed by atoms with Gasteiger partial charge in [0.15, 0.2) is 16.6 Å². The van der Waals surface area contributed by atoms with Crippen LogP contribution in [0.1, 0.15) is 43.0 Å². The molecule has 0 saturated carbocycles. The van der Waals surface area contributed by atoms with Gasteiger partial charge in [-0.3, -0.25) is 4.79 Å². The van der Waals surface area contributed by atoms with Crippen LogP contribution in [0.5, 0.6) is 0 Å². The Kier molecular flexibility index (Phi) is 4.65. The van der Waals surface area contributed by atoms with Crippen molar-refractivity contribution in [2.45, 2.75) is 31.6 Å². The van der Waals surface area contributed by atoms with Crippen LogP contribution >= 0.6 is 23.2 Å². The van der Waals surface area contributed by atoms with Gasteiger partial charge in [-0.2, -0.15) is 15.5 Å². The summed E-state index contributed by atoms with van der Waals surface area (Å²) in [6.07, 6.45) is 6.77. The molecule has 1 unspecified atom stereocenters. The van der Waals surface area contributed by atoms with E-state index in [1.54, 1.807) is 22.8 Å². The number of carbonyl (C=O) groups is 1. The van der Waals surface area contributed by atoms with Crippen molar-refractivity contribution >= 4 is 40.4 Å². The van der Waals surface area contributed by atoms with Crippen molar-refractivity contribution in [1.82, 2.24) is 29.4 Å². The van der Waals surface area contributed by atoms with E-state index in [1.165, 1.54) is 23.3 Å². The van der Waals surface area contributed by atoms with E-state index in [4.69, 9.17) is 28.5 Å². The minimum atomic E-state index is -0.414. The van der Waals surface area contributed by atoms with Gasteiger partial charge in [-0.05, 0) is 12.5 Å².